The van der Waals surface area contributed by atoms with Crippen LogP contribution in [-0.4, -0.2) is 26.8 Å². The number of benzene rings is 1. The van der Waals surface area contributed by atoms with E-state index in [2.05, 4.69) is 20.3 Å². The van der Waals surface area contributed by atoms with Crippen LogP contribution < -0.4 is 5.32 Å². The van der Waals surface area contributed by atoms with Crippen molar-refractivity contribution in [3.8, 4) is 11.3 Å². The maximum absolute atomic E-state index is 14.2. The van der Waals surface area contributed by atoms with Gasteiger partial charge in [0.2, 0.25) is 11.9 Å². The van der Waals surface area contributed by atoms with Crippen LogP contribution in [0.2, 0.25) is 0 Å². The van der Waals surface area contributed by atoms with Gasteiger partial charge in [-0.2, -0.15) is 4.39 Å². The van der Waals surface area contributed by atoms with Gasteiger partial charge >= 0.3 is 0 Å². The van der Waals surface area contributed by atoms with Crippen LogP contribution in [-0.2, 0) is 10.3 Å². The Balaban J connectivity index is 2.05. The molecule has 0 spiro atoms. The zero-order valence-electron chi connectivity index (χ0n) is 13.7. The number of halogens is 2. The van der Waals surface area contributed by atoms with Crippen LogP contribution in [0.5, 0.6) is 0 Å². The molecule has 1 unspecified atom stereocenters. The normalized spacial score (nSPS) is 20.1. The molecule has 0 saturated carbocycles. The Labute approximate surface area is 148 Å². The first kappa shape index (κ1) is 17.5. The zero-order valence-corrected chi connectivity index (χ0v) is 14.5. The third kappa shape index (κ3) is 3.68. The molecular formula is C17H16F2N4OS. The third-order valence-electron chi connectivity index (χ3n) is 3.96. The van der Waals surface area contributed by atoms with Crippen molar-refractivity contribution in [2.24, 2.45) is 4.99 Å². The standard InChI is InChI=1S/C17H16F2N4OS/c1-10(24)22-16-23-17(2,5-8-25-16)11-3-4-13(18)12(9-11)14-15(19)21-7-6-20-14/h3-4,6-7,9H,5,8H2,1-2H3,(H,22,23,24). The number of aliphatic imine (C=N–C) groups is 1. The van der Waals surface area contributed by atoms with E-state index in [9.17, 15) is 13.6 Å². The van der Waals surface area contributed by atoms with Crippen LogP contribution in [0.4, 0.5) is 8.78 Å². The molecule has 2 aromatic rings. The molecule has 1 atom stereocenters. The van der Waals surface area contributed by atoms with E-state index >= 15 is 0 Å². The van der Waals surface area contributed by atoms with Gasteiger partial charge in [0.25, 0.3) is 0 Å². The number of thioether (sulfide) groups is 1. The maximum atomic E-state index is 14.2. The minimum atomic E-state index is -0.828. The minimum absolute atomic E-state index is 0.0406. The molecule has 1 aromatic heterocycles. The number of aromatic nitrogens is 2. The van der Waals surface area contributed by atoms with Crippen molar-refractivity contribution in [3.63, 3.8) is 0 Å². The third-order valence-corrected chi connectivity index (χ3v) is 4.83. The molecule has 25 heavy (non-hydrogen) atoms. The second-order valence-electron chi connectivity index (χ2n) is 5.86. The summed E-state index contributed by atoms with van der Waals surface area (Å²) in [6.07, 6.45) is 3.23. The summed E-state index contributed by atoms with van der Waals surface area (Å²) in [4.78, 5) is 23.3. The van der Waals surface area contributed by atoms with Crippen LogP contribution in [0, 0.1) is 11.8 Å². The predicted molar refractivity (Wildman–Crippen MR) is 93.1 cm³/mol. The smallest absolute Gasteiger partial charge is 0.239 e. The van der Waals surface area contributed by atoms with Gasteiger partial charge in [-0.1, -0.05) is 17.8 Å². The minimum Gasteiger partial charge on any atom is -0.306 e. The lowest BCUT2D eigenvalue weighted by molar-refractivity contribution is -0.117. The highest BCUT2D eigenvalue weighted by atomic mass is 32.2. The van der Waals surface area contributed by atoms with Crippen LogP contribution in [0.1, 0.15) is 25.8 Å². The molecule has 5 nitrogen and oxygen atoms in total. The largest absolute Gasteiger partial charge is 0.306 e. The molecule has 0 radical (unpaired) electrons. The fourth-order valence-corrected chi connectivity index (χ4v) is 3.80. The van der Waals surface area contributed by atoms with Crippen LogP contribution >= 0.6 is 11.8 Å². The predicted octanol–water partition coefficient (Wildman–Crippen LogP) is 3.27. The van der Waals surface area contributed by atoms with Crippen molar-refractivity contribution >= 4 is 22.8 Å². The van der Waals surface area contributed by atoms with E-state index in [1.54, 1.807) is 12.1 Å². The Kier molecular flexibility index (Phi) is 4.80. The number of nitrogens with zero attached hydrogens (tertiary/aromatic N) is 3. The van der Waals surface area contributed by atoms with Gasteiger partial charge in [-0.05, 0) is 31.0 Å². The zero-order chi connectivity index (χ0) is 18.0. The quantitative estimate of drug-likeness (QED) is 0.890. The summed E-state index contributed by atoms with van der Waals surface area (Å²) in [5, 5.41) is 3.22. The molecule has 1 N–H and O–H groups in total. The fourth-order valence-electron chi connectivity index (χ4n) is 2.63. The summed E-state index contributed by atoms with van der Waals surface area (Å²) in [6.45, 7) is 3.32. The lowest BCUT2D eigenvalue weighted by atomic mass is 9.88. The fraction of sp³-hybridized carbons (Fsp3) is 0.294. The van der Waals surface area contributed by atoms with Crippen LogP contribution in [0.25, 0.3) is 11.3 Å². The maximum Gasteiger partial charge on any atom is 0.239 e. The molecule has 0 fully saturated rings. The van der Waals surface area contributed by atoms with E-state index in [-0.39, 0.29) is 17.2 Å². The number of amides is 1. The van der Waals surface area contributed by atoms with E-state index in [0.717, 1.165) is 11.3 Å². The number of hydrogen-bond acceptors (Lipinski definition) is 5. The van der Waals surface area contributed by atoms with Gasteiger partial charge in [-0.25, -0.2) is 14.4 Å². The van der Waals surface area contributed by atoms with E-state index < -0.39 is 17.3 Å². The SMILES string of the molecule is CC(=O)NC1=NC(C)(c2ccc(F)c(-c3nccnc3F)c2)CCS1. The Morgan fingerprint density at radius 3 is 2.76 bits per heavy atom. The van der Waals surface area contributed by atoms with Crippen LogP contribution in [0.15, 0.2) is 35.6 Å². The molecule has 0 saturated heterocycles. The molecule has 130 valence electrons. The molecule has 8 heteroatoms. The second kappa shape index (κ2) is 6.87. The van der Waals surface area contributed by atoms with Gasteiger partial charge in [0.15, 0.2) is 5.17 Å². The van der Waals surface area contributed by atoms with Crippen molar-refractivity contribution < 1.29 is 13.6 Å². The number of carbonyl (C=O) groups is 1. The summed E-state index contributed by atoms with van der Waals surface area (Å²) in [5.41, 5.74) is -0.0258. The lowest BCUT2D eigenvalue weighted by Gasteiger charge is -2.31. The van der Waals surface area contributed by atoms with Gasteiger partial charge in [0.05, 0.1) is 5.54 Å². The first-order valence-corrected chi connectivity index (χ1v) is 8.65. The Hall–Kier alpha value is -2.35. The number of nitrogens with one attached hydrogen (secondary N) is 1. The molecule has 0 aliphatic carbocycles. The molecule has 1 amide bonds. The summed E-state index contributed by atoms with van der Waals surface area (Å²) in [5.74, 6) is -0.854. The lowest BCUT2D eigenvalue weighted by Crippen LogP contribution is -2.34. The van der Waals surface area contributed by atoms with Crippen molar-refractivity contribution in [3.05, 3.63) is 47.9 Å². The summed E-state index contributed by atoms with van der Waals surface area (Å²) >= 11 is 1.46. The van der Waals surface area contributed by atoms with Gasteiger partial charge in [-0.15, -0.1) is 0 Å². The molecule has 1 aliphatic heterocycles. The number of hydrogen-bond donors (Lipinski definition) is 1. The summed E-state index contributed by atoms with van der Waals surface area (Å²) < 4.78 is 28.2. The van der Waals surface area contributed by atoms with E-state index in [0.29, 0.717) is 11.6 Å². The van der Waals surface area contributed by atoms with Crippen molar-refractivity contribution in [1.29, 1.82) is 0 Å². The highest BCUT2D eigenvalue weighted by Gasteiger charge is 2.31. The van der Waals surface area contributed by atoms with Crippen molar-refractivity contribution in [1.82, 2.24) is 15.3 Å². The first-order chi connectivity index (χ1) is 11.9. The van der Waals surface area contributed by atoms with Gasteiger partial charge in [0.1, 0.15) is 11.5 Å². The Morgan fingerprint density at radius 2 is 2.04 bits per heavy atom. The average Bonchev–Trinajstić information content (AvgIpc) is 2.55. The van der Waals surface area contributed by atoms with Crippen molar-refractivity contribution in [2.45, 2.75) is 25.8 Å². The summed E-state index contributed by atoms with van der Waals surface area (Å²) in [7, 11) is 0. The Bertz CT molecular complexity index is 858. The topological polar surface area (TPSA) is 67.2 Å². The molecule has 2 heterocycles. The molecule has 0 bridgehead atoms. The van der Waals surface area contributed by atoms with Gasteiger partial charge < -0.3 is 5.32 Å². The molecule has 1 aliphatic rings. The van der Waals surface area contributed by atoms with E-state index in [1.165, 1.54) is 37.1 Å². The molecule has 1 aromatic carbocycles. The Morgan fingerprint density at radius 1 is 1.28 bits per heavy atom. The molecular weight excluding hydrogens is 346 g/mol. The monoisotopic (exact) mass is 362 g/mol. The highest BCUT2D eigenvalue weighted by Crippen LogP contribution is 2.37. The van der Waals surface area contributed by atoms with E-state index in [1.807, 2.05) is 6.92 Å². The van der Waals surface area contributed by atoms with Gasteiger partial charge in [-0.3, -0.25) is 9.79 Å². The second-order valence-corrected chi connectivity index (χ2v) is 6.94. The van der Waals surface area contributed by atoms with E-state index in [4.69, 9.17) is 0 Å². The first-order valence-electron chi connectivity index (χ1n) is 7.66. The van der Waals surface area contributed by atoms with Crippen LogP contribution in [0.3, 0.4) is 0 Å². The van der Waals surface area contributed by atoms with Crippen molar-refractivity contribution in [2.75, 3.05) is 5.75 Å². The summed E-state index contributed by atoms with van der Waals surface area (Å²) in [6, 6.07) is 4.45. The van der Waals surface area contributed by atoms with Gasteiger partial charge in [0, 0.05) is 30.6 Å². The number of rotatable bonds is 2. The number of amidine groups is 1. The molecule has 3 rings (SSSR count). The highest BCUT2D eigenvalue weighted by molar-refractivity contribution is 8.13. The number of carbonyl (C=O) groups excluding carboxylic acids is 1. The average molecular weight is 362 g/mol.